The number of sulfone groups is 1. The van der Waals surface area contributed by atoms with Gasteiger partial charge in [0.25, 0.3) is 0 Å². The van der Waals surface area contributed by atoms with Gasteiger partial charge in [0.2, 0.25) is 0 Å². The van der Waals surface area contributed by atoms with Crippen LogP contribution in [-0.2, 0) is 9.84 Å². The maximum absolute atomic E-state index is 11.5. The van der Waals surface area contributed by atoms with Crippen LogP contribution >= 0.6 is 24.0 Å². The molecule has 0 unspecified atom stereocenters. The molecular formula is C20H35IN4O3S. The van der Waals surface area contributed by atoms with E-state index >= 15 is 0 Å². The molecule has 7 nitrogen and oxygen atoms in total. The van der Waals surface area contributed by atoms with Gasteiger partial charge in [-0.15, -0.1) is 24.0 Å². The molecule has 2 N–H and O–H groups in total. The number of aliphatic imine (C=N–C) groups is 1. The van der Waals surface area contributed by atoms with Crippen LogP contribution in [0.25, 0.3) is 0 Å². The molecule has 0 spiro atoms. The van der Waals surface area contributed by atoms with Gasteiger partial charge in [-0.3, -0.25) is 9.89 Å². The fraction of sp³-hybridized carbons (Fsp3) is 0.650. The Balaban J connectivity index is 0.00000420. The second-order valence-electron chi connectivity index (χ2n) is 7.80. The summed E-state index contributed by atoms with van der Waals surface area (Å²) in [4.78, 5) is 7.11. The number of hydrogen-bond donors (Lipinski definition) is 2. The van der Waals surface area contributed by atoms with E-state index in [1.54, 1.807) is 31.3 Å². The van der Waals surface area contributed by atoms with E-state index in [1.807, 2.05) is 0 Å². The summed E-state index contributed by atoms with van der Waals surface area (Å²) in [6.45, 7) is 8.72. The highest BCUT2D eigenvalue weighted by Gasteiger charge is 2.27. The minimum absolute atomic E-state index is 0. The summed E-state index contributed by atoms with van der Waals surface area (Å²) in [6, 6.07) is 6.46. The summed E-state index contributed by atoms with van der Waals surface area (Å²) in [5.41, 5.74) is 0.0793. The molecule has 1 saturated heterocycles. The van der Waals surface area contributed by atoms with Gasteiger partial charge in [0.1, 0.15) is 12.4 Å². The number of nitrogens with one attached hydrogen (secondary N) is 2. The van der Waals surface area contributed by atoms with Crippen molar-refractivity contribution in [3.8, 4) is 5.75 Å². The highest BCUT2D eigenvalue weighted by Crippen LogP contribution is 2.19. The molecule has 1 aromatic carbocycles. The van der Waals surface area contributed by atoms with Crippen LogP contribution < -0.4 is 15.4 Å². The van der Waals surface area contributed by atoms with E-state index in [2.05, 4.69) is 34.4 Å². The molecule has 0 atom stereocenters. The maximum atomic E-state index is 11.5. The third-order valence-electron chi connectivity index (χ3n) is 5.04. The van der Waals surface area contributed by atoms with Crippen molar-refractivity contribution in [3.63, 3.8) is 0 Å². The summed E-state index contributed by atoms with van der Waals surface area (Å²) in [5, 5.41) is 6.66. The summed E-state index contributed by atoms with van der Waals surface area (Å²) < 4.78 is 28.6. The minimum Gasteiger partial charge on any atom is -0.492 e. The maximum Gasteiger partial charge on any atom is 0.191 e. The monoisotopic (exact) mass is 538 g/mol. The largest absolute Gasteiger partial charge is 0.492 e. The van der Waals surface area contributed by atoms with Crippen LogP contribution in [-0.4, -0.2) is 70.9 Å². The quantitative estimate of drug-likeness (QED) is 0.229. The van der Waals surface area contributed by atoms with Crippen molar-refractivity contribution >= 4 is 39.8 Å². The van der Waals surface area contributed by atoms with Crippen molar-refractivity contribution in [1.82, 2.24) is 15.5 Å². The topological polar surface area (TPSA) is 83.0 Å². The van der Waals surface area contributed by atoms with Crippen molar-refractivity contribution in [3.05, 3.63) is 24.3 Å². The number of nitrogens with zero attached hydrogens (tertiary/aromatic N) is 2. The van der Waals surface area contributed by atoms with Crippen LogP contribution in [0.1, 0.15) is 33.1 Å². The van der Waals surface area contributed by atoms with Gasteiger partial charge in [0, 0.05) is 25.4 Å². The van der Waals surface area contributed by atoms with E-state index in [0.29, 0.717) is 23.8 Å². The average Bonchev–Trinajstić information content (AvgIpc) is 2.68. The number of halogens is 1. The molecule has 0 amide bonds. The molecule has 0 radical (unpaired) electrons. The lowest BCUT2D eigenvalue weighted by atomic mass is 9.98. The Bertz CT molecular complexity index is 745. The molecule has 0 aromatic heterocycles. The van der Waals surface area contributed by atoms with Gasteiger partial charge in [-0.2, -0.15) is 0 Å². The Kier molecular flexibility index (Phi) is 10.7. The molecule has 1 heterocycles. The summed E-state index contributed by atoms with van der Waals surface area (Å²) in [6.07, 6.45) is 5.08. The molecule has 1 aromatic rings. The highest BCUT2D eigenvalue weighted by atomic mass is 127. The number of rotatable bonds is 8. The van der Waals surface area contributed by atoms with E-state index in [9.17, 15) is 8.42 Å². The fourth-order valence-electron chi connectivity index (χ4n) is 3.25. The van der Waals surface area contributed by atoms with E-state index in [1.165, 1.54) is 25.5 Å². The van der Waals surface area contributed by atoms with Gasteiger partial charge in [-0.1, -0.05) is 6.42 Å². The predicted octanol–water partition coefficient (Wildman–Crippen LogP) is 2.52. The van der Waals surface area contributed by atoms with Crippen LogP contribution in [0.5, 0.6) is 5.75 Å². The minimum atomic E-state index is -3.18. The molecule has 2 rings (SSSR count). The highest BCUT2D eigenvalue weighted by molar-refractivity contribution is 14.0. The number of guanidine groups is 1. The first-order valence-corrected chi connectivity index (χ1v) is 11.7. The zero-order valence-corrected chi connectivity index (χ0v) is 21.0. The van der Waals surface area contributed by atoms with Crippen molar-refractivity contribution in [2.45, 2.75) is 43.5 Å². The van der Waals surface area contributed by atoms with Crippen molar-refractivity contribution in [1.29, 1.82) is 0 Å². The van der Waals surface area contributed by atoms with Crippen LogP contribution in [0.15, 0.2) is 34.2 Å². The van der Waals surface area contributed by atoms with Crippen molar-refractivity contribution < 1.29 is 13.2 Å². The Morgan fingerprint density at radius 2 is 1.76 bits per heavy atom. The van der Waals surface area contributed by atoms with Gasteiger partial charge in [-0.05, 0) is 64.0 Å². The first kappa shape index (κ1) is 26.0. The van der Waals surface area contributed by atoms with Gasteiger partial charge in [0.05, 0.1) is 11.4 Å². The van der Waals surface area contributed by atoms with Gasteiger partial charge in [-0.25, -0.2) is 8.42 Å². The third-order valence-corrected chi connectivity index (χ3v) is 6.17. The lowest BCUT2D eigenvalue weighted by molar-refractivity contribution is 0.0982. The van der Waals surface area contributed by atoms with Gasteiger partial charge in [0.15, 0.2) is 15.8 Å². The molecule has 0 saturated carbocycles. The number of benzene rings is 1. The molecule has 166 valence electrons. The first-order valence-electron chi connectivity index (χ1n) is 9.85. The third kappa shape index (κ3) is 8.67. The van der Waals surface area contributed by atoms with Crippen LogP contribution in [0.2, 0.25) is 0 Å². The SMILES string of the molecule is CN=C(NCCOc1ccc(S(C)(=O)=O)cc1)NCC(C)(C)N1CCCCC1.I. The Morgan fingerprint density at radius 1 is 1.14 bits per heavy atom. The Labute approximate surface area is 192 Å². The predicted molar refractivity (Wildman–Crippen MR) is 129 cm³/mol. The smallest absolute Gasteiger partial charge is 0.191 e. The Hall–Kier alpha value is -1.07. The van der Waals surface area contributed by atoms with Crippen LogP contribution in [0.4, 0.5) is 0 Å². The van der Waals surface area contributed by atoms with E-state index in [4.69, 9.17) is 4.74 Å². The number of piperidine rings is 1. The normalized spacial score (nSPS) is 16.1. The summed E-state index contributed by atoms with van der Waals surface area (Å²) >= 11 is 0. The molecule has 0 aliphatic carbocycles. The number of hydrogen-bond acceptors (Lipinski definition) is 5. The zero-order valence-electron chi connectivity index (χ0n) is 17.9. The second-order valence-corrected chi connectivity index (χ2v) is 9.82. The van der Waals surface area contributed by atoms with Gasteiger partial charge < -0.3 is 15.4 Å². The summed E-state index contributed by atoms with van der Waals surface area (Å²) in [7, 11) is -1.42. The number of ether oxygens (including phenoxy) is 1. The summed E-state index contributed by atoms with van der Waals surface area (Å²) in [5.74, 6) is 1.39. The molecule has 1 fully saturated rings. The molecule has 9 heteroatoms. The van der Waals surface area contributed by atoms with Gasteiger partial charge >= 0.3 is 0 Å². The van der Waals surface area contributed by atoms with Crippen LogP contribution in [0, 0.1) is 0 Å². The van der Waals surface area contributed by atoms with E-state index in [0.717, 1.165) is 25.6 Å². The first-order chi connectivity index (χ1) is 13.2. The van der Waals surface area contributed by atoms with E-state index < -0.39 is 9.84 Å². The zero-order chi connectivity index (χ0) is 20.6. The molecule has 29 heavy (non-hydrogen) atoms. The van der Waals surface area contributed by atoms with Crippen molar-refractivity contribution in [2.24, 2.45) is 4.99 Å². The number of likely N-dealkylation sites (tertiary alicyclic amines) is 1. The molecule has 1 aliphatic heterocycles. The lowest BCUT2D eigenvalue weighted by Gasteiger charge is -2.41. The fourth-order valence-corrected chi connectivity index (χ4v) is 3.88. The Morgan fingerprint density at radius 3 is 2.31 bits per heavy atom. The lowest BCUT2D eigenvalue weighted by Crippen LogP contribution is -2.55. The van der Waals surface area contributed by atoms with Crippen molar-refractivity contribution in [2.75, 3.05) is 46.1 Å². The molecule has 1 aliphatic rings. The van der Waals surface area contributed by atoms with Crippen LogP contribution in [0.3, 0.4) is 0 Å². The molecular weight excluding hydrogens is 503 g/mol. The second kappa shape index (κ2) is 11.9. The standard InChI is InChI=1S/C20H34N4O3S.HI/c1-20(2,24-13-6-5-7-14-24)16-23-19(21-3)22-12-15-27-17-8-10-18(11-9-17)28(4,25)26;/h8-11H,5-7,12-16H2,1-4H3,(H2,21,22,23);1H. The molecule has 0 bridgehead atoms. The van der Waals surface area contributed by atoms with E-state index in [-0.39, 0.29) is 29.5 Å². The average molecular weight is 538 g/mol.